The lowest BCUT2D eigenvalue weighted by molar-refractivity contribution is 0.0997. The molecule has 2 aromatic carbocycles. The summed E-state index contributed by atoms with van der Waals surface area (Å²) in [5.74, 6) is -0.420. The summed E-state index contributed by atoms with van der Waals surface area (Å²) in [4.78, 5) is 12.3. The number of carbonyl (C=O) groups excluding carboxylic acids is 1. The minimum absolute atomic E-state index is 0.0997. The van der Waals surface area contributed by atoms with Crippen LogP contribution in [0.1, 0.15) is 16.1 Å². The lowest BCUT2D eigenvalue weighted by Crippen LogP contribution is -2.11. The third-order valence-electron chi connectivity index (χ3n) is 3.48. The second-order valence-corrected chi connectivity index (χ2v) is 5.42. The lowest BCUT2D eigenvalue weighted by atomic mass is 10.1. The Morgan fingerprint density at radius 3 is 2.65 bits per heavy atom. The van der Waals surface area contributed by atoms with Crippen molar-refractivity contribution in [1.29, 1.82) is 0 Å². The van der Waals surface area contributed by atoms with E-state index in [2.05, 4.69) is 5.32 Å². The standard InChI is InChI=1S/C18H13ClFNO2/c1-11-13(19)6-4-8-15(11)21-18(22)17-10-9-16(23-17)12-5-2-3-7-14(12)20/h2-10H,1H3,(H,21,22). The number of hydrogen-bond acceptors (Lipinski definition) is 2. The first-order valence-electron chi connectivity index (χ1n) is 6.97. The molecule has 5 heteroatoms. The van der Waals surface area contributed by atoms with Crippen LogP contribution in [-0.2, 0) is 0 Å². The third-order valence-corrected chi connectivity index (χ3v) is 3.89. The number of nitrogens with one attached hydrogen (secondary N) is 1. The summed E-state index contributed by atoms with van der Waals surface area (Å²) in [7, 11) is 0. The van der Waals surface area contributed by atoms with Gasteiger partial charge in [-0.05, 0) is 48.9 Å². The summed E-state index contributed by atoms with van der Waals surface area (Å²) >= 11 is 6.03. The molecule has 116 valence electrons. The van der Waals surface area contributed by atoms with Gasteiger partial charge >= 0.3 is 0 Å². The van der Waals surface area contributed by atoms with Crippen LogP contribution in [0.4, 0.5) is 10.1 Å². The fourth-order valence-corrected chi connectivity index (χ4v) is 2.37. The zero-order valence-corrected chi connectivity index (χ0v) is 13.0. The molecule has 0 aliphatic carbocycles. The molecule has 1 aromatic heterocycles. The Kier molecular flexibility index (Phi) is 4.17. The molecule has 0 saturated heterocycles. The van der Waals surface area contributed by atoms with Gasteiger partial charge in [0.25, 0.3) is 5.91 Å². The molecular formula is C18H13ClFNO2. The molecule has 3 nitrogen and oxygen atoms in total. The number of carbonyl (C=O) groups is 1. The van der Waals surface area contributed by atoms with E-state index < -0.39 is 11.7 Å². The number of anilines is 1. The van der Waals surface area contributed by atoms with E-state index >= 15 is 0 Å². The van der Waals surface area contributed by atoms with Crippen LogP contribution >= 0.6 is 11.6 Å². The van der Waals surface area contributed by atoms with Gasteiger partial charge in [0.15, 0.2) is 5.76 Å². The van der Waals surface area contributed by atoms with Crippen LogP contribution in [0.2, 0.25) is 5.02 Å². The maximum absolute atomic E-state index is 13.8. The van der Waals surface area contributed by atoms with Crippen molar-refractivity contribution in [3.05, 3.63) is 76.8 Å². The molecule has 1 N–H and O–H groups in total. The fraction of sp³-hybridized carbons (Fsp3) is 0.0556. The van der Waals surface area contributed by atoms with Crippen LogP contribution in [-0.4, -0.2) is 5.91 Å². The van der Waals surface area contributed by atoms with E-state index in [9.17, 15) is 9.18 Å². The highest BCUT2D eigenvalue weighted by atomic mass is 35.5. The first kappa shape index (κ1) is 15.3. The Morgan fingerprint density at radius 2 is 1.87 bits per heavy atom. The normalized spacial score (nSPS) is 10.6. The number of halogens is 2. The summed E-state index contributed by atoms with van der Waals surface area (Å²) in [6.45, 7) is 1.81. The van der Waals surface area contributed by atoms with E-state index in [1.54, 1.807) is 42.5 Å². The molecule has 0 saturated carbocycles. The second kappa shape index (κ2) is 6.26. The monoisotopic (exact) mass is 329 g/mol. The minimum atomic E-state index is -0.419. The van der Waals surface area contributed by atoms with Crippen molar-refractivity contribution in [2.45, 2.75) is 6.92 Å². The van der Waals surface area contributed by atoms with Crippen molar-refractivity contribution in [3.63, 3.8) is 0 Å². The van der Waals surface area contributed by atoms with Gasteiger partial charge in [-0.25, -0.2) is 4.39 Å². The average molecular weight is 330 g/mol. The first-order valence-corrected chi connectivity index (χ1v) is 7.35. The maximum atomic E-state index is 13.8. The smallest absolute Gasteiger partial charge is 0.291 e. The summed E-state index contributed by atoms with van der Waals surface area (Å²) in [6.07, 6.45) is 0. The highest BCUT2D eigenvalue weighted by molar-refractivity contribution is 6.31. The molecule has 0 fully saturated rings. The Morgan fingerprint density at radius 1 is 1.09 bits per heavy atom. The molecular weight excluding hydrogens is 317 g/mol. The lowest BCUT2D eigenvalue weighted by Gasteiger charge is -2.08. The molecule has 3 rings (SSSR count). The van der Waals surface area contributed by atoms with Crippen LogP contribution in [0.5, 0.6) is 0 Å². The van der Waals surface area contributed by atoms with Crippen molar-refractivity contribution in [3.8, 4) is 11.3 Å². The van der Waals surface area contributed by atoms with Crippen molar-refractivity contribution in [2.75, 3.05) is 5.32 Å². The number of rotatable bonds is 3. The molecule has 1 heterocycles. The van der Waals surface area contributed by atoms with Crippen molar-refractivity contribution >= 4 is 23.2 Å². The highest BCUT2D eigenvalue weighted by Gasteiger charge is 2.15. The molecule has 0 aliphatic rings. The SMILES string of the molecule is Cc1c(Cl)cccc1NC(=O)c1ccc(-c2ccccc2F)o1. The van der Waals surface area contributed by atoms with Crippen LogP contribution in [0.3, 0.4) is 0 Å². The molecule has 0 atom stereocenters. The van der Waals surface area contributed by atoms with Gasteiger partial charge in [0.05, 0.1) is 5.56 Å². The Labute approximate surface area is 137 Å². The predicted octanol–water partition coefficient (Wildman–Crippen LogP) is 5.30. The molecule has 0 aliphatic heterocycles. The maximum Gasteiger partial charge on any atom is 0.291 e. The zero-order valence-electron chi connectivity index (χ0n) is 12.3. The Bertz CT molecular complexity index is 873. The van der Waals surface area contributed by atoms with E-state index in [0.29, 0.717) is 22.0 Å². The largest absolute Gasteiger partial charge is 0.451 e. The van der Waals surface area contributed by atoms with Crippen molar-refractivity contribution in [1.82, 2.24) is 0 Å². The van der Waals surface area contributed by atoms with Crippen LogP contribution in [0.25, 0.3) is 11.3 Å². The second-order valence-electron chi connectivity index (χ2n) is 5.01. The van der Waals surface area contributed by atoms with Crippen molar-refractivity contribution in [2.24, 2.45) is 0 Å². The van der Waals surface area contributed by atoms with Crippen LogP contribution in [0.15, 0.2) is 59.0 Å². The van der Waals surface area contributed by atoms with Gasteiger partial charge in [-0.2, -0.15) is 0 Å². The van der Waals surface area contributed by atoms with Gasteiger partial charge in [-0.3, -0.25) is 4.79 Å². The number of furan rings is 1. The van der Waals surface area contributed by atoms with E-state index in [1.807, 2.05) is 6.92 Å². The van der Waals surface area contributed by atoms with E-state index in [0.717, 1.165) is 5.56 Å². The number of hydrogen-bond donors (Lipinski definition) is 1. The molecule has 0 unspecified atom stereocenters. The molecule has 0 bridgehead atoms. The summed E-state index contributed by atoms with van der Waals surface area (Å²) in [6, 6.07) is 14.6. The molecule has 0 spiro atoms. The van der Waals surface area contributed by atoms with Gasteiger partial charge in [0.2, 0.25) is 0 Å². The van der Waals surface area contributed by atoms with Gasteiger partial charge in [0, 0.05) is 10.7 Å². The first-order chi connectivity index (χ1) is 11.1. The average Bonchev–Trinajstić information content (AvgIpc) is 3.02. The van der Waals surface area contributed by atoms with Crippen molar-refractivity contribution < 1.29 is 13.6 Å². The molecule has 3 aromatic rings. The highest BCUT2D eigenvalue weighted by Crippen LogP contribution is 2.26. The predicted molar refractivity (Wildman–Crippen MR) is 88.2 cm³/mol. The molecule has 1 amide bonds. The summed E-state index contributed by atoms with van der Waals surface area (Å²) in [5, 5.41) is 3.30. The number of amides is 1. The minimum Gasteiger partial charge on any atom is -0.451 e. The quantitative estimate of drug-likeness (QED) is 0.708. The molecule has 0 radical (unpaired) electrons. The summed E-state index contributed by atoms with van der Waals surface area (Å²) < 4.78 is 19.2. The van der Waals surface area contributed by atoms with Crippen LogP contribution in [0, 0.1) is 12.7 Å². The Hall–Kier alpha value is -2.59. The fourth-order valence-electron chi connectivity index (χ4n) is 2.19. The van der Waals surface area contributed by atoms with E-state index in [-0.39, 0.29) is 5.76 Å². The van der Waals surface area contributed by atoms with E-state index in [4.69, 9.17) is 16.0 Å². The summed E-state index contributed by atoms with van der Waals surface area (Å²) in [5.41, 5.74) is 1.68. The van der Waals surface area contributed by atoms with Gasteiger partial charge in [0.1, 0.15) is 11.6 Å². The number of benzene rings is 2. The van der Waals surface area contributed by atoms with Gasteiger partial charge in [-0.15, -0.1) is 0 Å². The van der Waals surface area contributed by atoms with Crippen LogP contribution < -0.4 is 5.32 Å². The van der Waals surface area contributed by atoms with E-state index in [1.165, 1.54) is 12.1 Å². The zero-order chi connectivity index (χ0) is 16.4. The van der Waals surface area contributed by atoms with Gasteiger partial charge < -0.3 is 9.73 Å². The van der Waals surface area contributed by atoms with Gasteiger partial charge in [-0.1, -0.05) is 29.8 Å². The topological polar surface area (TPSA) is 42.2 Å². The Balaban J connectivity index is 1.84. The third kappa shape index (κ3) is 3.12. The molecule has 23 heavy (non-hydrogen) atoms.